The number of aryl methyl sites for hydroxylation is 1. The lowest BCUT2D eigenvalue weighted by Gasteiger charge is -2.17. The zero-order valence-electron chi connectivity index (χ0n) is 26.2. The standard InChI is InChI=1S/C35H34N4O7S/c1-5-31(35(42)37-28-21-26(39(43)44)18-17-22(28)2)47-27-15-10-14-25(20-27)36-34(41)29(38-33(40)23-11-7-6-8-12-23)19-24-13-9-16-30(45-3)32(24)46-4/h6-21,31H,5H2,1-4H3,(H,36,41)(H,37,42)(H,38,40)/b29-19+. The molecular weight excluding hydrogens is 620 g/mol. The van der Waals surface area contributed by atoms with Gasteiger partial charge in [-0.3, -0.25) is 24.5 Å². The molecule has 12 heteroatoms. The van der Waals surface area contributed by atoms with Crippen molar-refractivity contribution in [3.05, 3.63) is 123 Å². The predicted octanol–water partition coefficient (Wildman–Crippen LogP) is 6.84. The predicted molar refractivity (Wildman–Crippen MR) is 183 cm³/mol. The van der Waals surface area contributed by atoms with Crippen LogP contribution in [0.2, 0.25) is 0 Å². The van der Waals surface area contributed by atoms with Crippen molar-refractivity contribution in [2.24, 2.45) is 0 Å². The van der Waals surface area contributed by atoms with Crippen molar-refractivity contribution >= 4 is 52.6 Å². The van der Waals surface area contributed by atoms with Crippen LogP contribution >= 0.6 is 11.8 Å². The van der Waals surface area contributed by atoms with Gasteiger partial charge < -0.3 is 25.4 Å². The molecule has 3 N–H and O–H groups in total. The summed E-state index contributed by atoms with van der Waals surface area (Å²) in [6, 6.07) is 25.0. The highest BCUT2D eigenvalue weighted by Crippen LogP contribution is 2.33. The number of nitro groups is 1. The molecule has 1 unspecified atom stereocenters. The molecule has 4 aromatic rings. The fraction of sp³-hybridized carbons (Fsp3) is 0.171. The van der Waals surface area contributed by atoms with Crippen molar-refractivity contribution in [1.29, 1.82) is 0 Å². The lowest BCUT2D eigenvalue weighted by Crippen LogP contribution is -2.30. The molecule has 0 bridgehead atoms. The van der Waals surface area contributed by atoms with Crippen LogP contribution in [0.5, 0.6) is 11.5 Å². The number of carbonyl (C=O) groups is 3. The van der Waals surface area contributed by atoms with Crippen molar-refractivity contribution in [3.8, 4) is 11.5 Å². The van der Waals surface area contributed by atoms with E-state index in [4.69, 9.17) is 9.47 Å². The van der Waals surface area contributed by atoms with Gasteiger partial charge in [-0.05, 0) is 61.4 Å². The van der Waals surface area contributed by atoms with Crippen LogP contribution < -0.4 is 25.4 Å². The summed E-state index contributed by atoms with van der Waals surface area (Å²) in [5, 5.41) is 19.1. The van der Waals surface area contributed by atoms with Crippen LogP contribution in [0.15, 0.2) is 102 Å². The van der Waals surface area contributed by atoms with E-state index in [0.717, 1.165) is 0 Å². The van der Waals surface area contributed by atoms with E-state index >= 15 is 0 Å². The third-order valence-corrected chi connectivity index (χ3v) is 8.34. The number of para-hydroxylation sites is 1. The summed E-state index contributed by atoms with van der Waals surface area (Å²) in [7, 11) is 2.98. The molecule has 0 aliphatic carbocycles. The van der Waals surface area contributed by atoms with Crippen LogP contribution in [0.4, 0.5) is 17.1 Å². The minimum absolute atomic E-state index is 0.0402. The maximum Gasteiger partial charge on any atom is 0.272 e. The first kappa shape index (κ1) is 34.3. The Balaban J connectivity index is 1.56. The fourth-order valence-corrected chi connectivity index (χ4v) is 5.54. The number of nitrogens with zero attached hydrogens (tertiary/aromatic N) is 1. The summed E-state index contributed by atoms with van der Waals surface area (Å²) in [5.74, 6) is -0.537. The first-order valence-corrected chi connectivity index (χ1v) is 15.4. The van der Waals surface area contributed by atoms with E-state index in [1.165, 1.54) is 44.2 Å². The highest BCUT2D eigenvalue weighted by molar-refractivity contribution is 8.00. The van der Waals surface area contributed by atoms with Crippen LogP contribution in [0, 0.1) is 17.0 Å². The molecule has 242 valence electrons. The SMILES string of the molecule is CCC(Sc1cccc(NC(=O)/C(=C\c2cccc(OC)c2OC)NC(=O)c2ccccc2)c1)C(=O)Nc1cc([N+](=O)[O-])ccc1C. The van der Waals surface area contributed by atoms with Gasteiger partial charge in [0.25, 0.3) is 17.5 Å². The van der Waals surface area contributed by atoms with Crippen LogP contribution in [-0.4, -0.2) is 42.1 Å². The van der Waals surface area contributed by atoms with Crippen molar-refractivity contribution in [2.45, 2.75) is 30.4 Å². The van der Waals surface area contributed by atoms with Crippen molar-refractivity contribution in [3.63, 3.8) is 0 Å². The Morgan fingerprint density at radius 2 is 1.66 bits per heavy atom. The summed E-state index contributed by atoms with van der Waals surface area (Å²) in [6.45, 7) is 3.62. The summed E-state index contributed by atoms with van der Waals surface area (Å²) in [4.78, 5) is 51.4. The van der Waals surface area contributed by atoms with Gasteiger partial charge >= 0.3 is 0 Å². The Kier molecular flexibility index (Phi) is 11.7. The number of carbonyl (C=O) groups excluding carboxylic acids is 3. The Labute approximate surface area is 276 Å². The molecule has 4 aromatic carbocycles. The number of nitrogens with one attached hydrogen (secondary N) is 3. The Bertz CT molecular complexity index is 1810. The highest BCUT2D eigenvalue weighted by atomic mass is 32.2. The minimum atomic E-state index is -0.591. The van der Waals surface area contributed by atoms with E-state index in [1.807, 2.05) is 13.0 Å². The van der Waals surface area contributed by atoms with E-state index in [9.17, 15) is 24.5 Å². The number of nitro benzene ring substituents is 1. The molecule has 3 amide bonds. The topological polar surface area (TPSA) is 149 Å². The summed E-state index contributed by atoms with van der Waals surface area (Å²) < 4.78 is 10.9. The van der Waals surface area contributed by atoms with Crippen LogP contribution in [0.1, 0.15) is 34.8 Å². The molecule has 1 atom stereocenters. The van der Waals surface area contributed by atoms with Crippen molar-refractivity contribution < 1.29 is 28.8 Å². The number of hydrogen-bond acceptors (Lipinski definition) is 8. The number of hydrogen-bond donors (Lipinski definition) is 3. The second-order valence-electron chi connectivity index (χ2n) is 10.2. The van der Waals surface area contributed by atoms with E-state index in [0.29, 0.717) is 50.9 Å². The van der Waals surface area contributed by atoms with E-state index in [-0.39, 0.29) is 17.3 Å². The third-order valence-electron chi connectivity index (χ3n) is 6.99. The third kappa shape index (κ3) is 8.98. The Morgan fingerprint density at radius 3 is 2.34 bits per heavy atom. The van der Waals surface area contributed by atoms with Crippen LogP contribution in [-0.2, 0) is 9.59 Å². The van der Waals surface area contributed by atoms with Gasteiger partial charge in [-0.15, -0.1) is 11.8 Å². The molecule has 0 saturated heterocycles. The molecule has 0 fully saturated rings. The quantitative estimate of drug-likeness (QED) is 0.0614. The summed E-state index contributed by atoms with van der Waals surface area (Å²) in [5.41, 5.74) is 2.21. The second-order valence-corrected chi connectivity index (χ2v) is 11.5. The second kappa shape index (κ2) is 16.1. The van der Waals surface area contributed by atoms with Gasteiger partial charge in [-0.2, -0.15) is 0 Å². The molecule has 0 spiro atoms. The number of thioether (sulfide) groups is 1. The zero-order chi connectivity index (χ0) is 33.9. The summed E-state index contributed by atoms with van der Waals surface area (Å²) in [6.07, 6.45) is 1.98. The lowest BCUT2D eigenvalue weighted by molar-refractivity contribution is -0.384. The molecule has 0 aliphatic heterocycles. The number of non-ortho nitro benzene ring substituents is 1. The zero-order valence-corrected chi connectivity index (χ0v) is 27.1. The van der Waals surface area contributed by atoms with Crippen molar-refractivity contribution in [2.75, 3.05) is 24.9 Å². The van der Waals surface area contributed by atoms with Crippen LogP contribution in [0.25, 0.3) is 6.08 Å². The minimum Gasteiger partial charge on any atom is -0.493 e. The molecule has 0 aliphatic rings. The maximum atomic E-state index is 13.7. The first-order chi connectivity index (χ1) is 22.6. The van der Waals surface area contributed by atoms with Crippen molar-refractivity contribution in [1.82, 2.24) is 5.32 Å². The van der Waals surface area contributed by atoms with Gasteiger partial charge in [0.2, 0.25) is 5.91 Å². The molecule has 47 heavy (non-hydrogen) atoms. The molecule has 0 heterocycles. The monoisotopic (exact) mass is 654 g/mol. The molecule has 11 nitrogen and oxygen atoms in total. The number of benzene rings is 4. The van der Waals surface area contributed by atoms with Gasteiger partial charge in [0.05, 0.1) is 30.1 Å². The molecule has 0 radical (unpaired) electrons. The molecule has 4 rings (SSSR count). The average Bonchev–Trinajstić information content (AvgIpc) is 3.07. The van der Waals surface area contributed by atoms with E-state index in [2.05, 4.69) is 16.0 Å². The smallest absolute Gasteiger partial charge is 0.272 e. The maximum absolute atomic E-state index is 13.7. The molecular formula is C35H34N4O7S. The Hall–Kier alpha value is -5.62. The fourth-order valence-electron chi connectivity index (χ4n) is 4.53. The van der Waals surface area contributed by atoms with Gasteiger partial charge in [-0.1, -0.05) is 49.4 Å². The van der Waals surface area contributed by atoms with Gasteiger partial charge in [0, 0.05) is 33.8 Å². The lowest BCUT2D eigenvalue weighted by atomic mass is 10.1. The number of methoxy groups -OCH3 is 2. The first-order valence-electron chi connectivity index (χ1n) is 14.6. The van der Waals surface area contributed by atoms with Gasteiger partial charge in [0.15, 0.2) is 11.5 Å². The normalized spacial score (nSPS) is 11.6. The van der Waals surface area contributed by atoms with Crippen LogP contribution in [0.3, 0.4) is 0 Å². The van der Waals surface area contributed by atoms with Gasteiger partial charge in [0.1, 0.15) is 5.70 Å². The number of anilines is 2. The summed E-state index contributed by atoms with van der Waals surface area (Å²) >= 11 is 1.29. The van der Waals surface area contributed by atoms with E-state index in [1.54, 1.807) is 79.7 Å². The number of ether oxygens (including phenoxy) is 2. The van der Waals surface area contributed by atoms with E-state index < -0.39 is 22.0 Å². The molecule has 0 saturated carbocycles. The highest BCUT2D eigenvalue weighted by Gasteiger charge is 2.21. The van der Waals surface area contributed by atoms with Gasteiger partial charge in [-0.25, -0.2) is 0 Å². The largest absolute Gasteiger partial charge is 0.493 e. The average molecular weight is 655 g/mol. The molecule has 0 aromatic heterocycles. The number of rotatable bonds is 13. The number of amides is 3. The Morgan fingerprint density at radius 1 is 0.915 bits per heavy atom.